The molecule has 0 bridgehead atoms. The second kappa shape index (κ2) is 13.3. The van der Waals surface area contributed by atoms with Crippen molar-refractivity contribution in [2.45, 2.75) is 52.0 Å². The van der Waals surface area contributed by atoms with Crippen molar-refractivity contribution in [3.05, 3.63) is 71.1 Å². The number of benzene rings is 2. The van der Waals surface area contributed by atoms with Crippen LogP contribution in [-0.4, -0.2) is 51.7 Å². The van der Waals surface area contributed by atoms with Crippen molar-refractivity contribution in [3.63, 3.8) is 0 Å². The van der Waals surface area contributed by atoms with E-state index in [4.69, 9.17) is 4.74 Å². The second-order valence-electron chi connectivity index (χ2n) is 10.9. The summed E-state index contributed by atoms with van der Waals surface area (Å²) in [6, 6.07) is 8.80. The van der Waals surface area contributed by atoms with Gasteiger partial charge in [0.1, 0.15) is 18.2 Å². The highest BCUT2D eigenvalue weighted by atomic mass is 32.2. The Morgan fingerprint density at radius 1 is 1.13 bits per heavy atom. The van der Waals surface area contributed by atoms with Crippen molar-refractivity contribution >= 4 is 33.8 Å². The molecule has 39 heavy (non-hydrogen) atoms. The Balaban J connectivity index is 1.68. The Bertz CT molecular complexity index is 1310. The van der Waals surface area contributed by atoms with Crippen LogP contribution in [0.3, 0.4) is 0 Å². The minimum absolute atomic E-state index is 0.0451. The van der Waals surface area contributed by atoms with Crippen LogP contribution < -0.4 is 14.8 Å². The zero-order valence-electron chi connectivity index (χ0n) is 23.3. The Labute approximate surface area is 232 Å². The molecule has 0 saturated carbocycles. The summed E-state index contributed by atoms with van der Waals surface area (Å²) in [5.74, 6) is -0.369. The van der Waals surface area contributed by atoms with E-state index >= 15 is 0 Å². The zero-order valence-corrected chi connectivity index (χ0v) is 24.2. The monoisotopic (exact) mass is 557 g/mol. The molecule has 2 N–H and O–H groups in total. The van der Waals surface area contributed by atoms with Crippen LogP contribution in [0.1, 0.15) is 62.3 Å². The molecule has 1 fully saturated rings. The Hall–Kier alpha value is -3.17. The van der Waals surface area contributed by atoms with Gasteiger partial charge in [-0.25, -0.2) is 12.8 Å². The van der Waals surface area contributed by atoms with Gasteiger partial charge in [0.2, 0.25) is 15.9 Å². The molecule has 1 aliphatic heterocycles. The van der Waals surface area contributed by atoms with Gasteiger partial charge < -0.3 is 10.1 Å². The Morgan fingerprint density at radius 2 is 1.85 bits per heavy atom. The molecule has 0 atom stereocenters. The molecule has 0 spiro atoms. The summed E-state index contributed by atoms with van der Waals surface area (Å²) < 4.78 is 46.0. The summed E-state index contributed by atoms with van der Waals surface area (Å²) >= 11 is 0. The van der Waals surface area contributed by atoms with Crippen LogP contribution in [0.5, 0.6) is 5.75 Å². The van der Waals surface area contributed by atoms with E-state index in [1.165, 1.54) is 37.5 Å². The number of halogens is 1. The third-order valence-corrected chi connectivity index (χ3v) is 7.14. The first kappa shape index (κ1) is 30.4. The van der Waals surface area contributed by atoms with Crippen LogP contribution in [0.4, 0.5) is 10.1 Å². The van der Waals surface area contributed by atoms with Crippen LogP contribution in [0.2, 0.25) is 0 Å². The van der Waals surface area contributed by atoms with Gasteiger partial charge in [-0.1, -0.05) is 52.0 Å². The fourth-order valence-electron chi connectivity index (χ4n) is 4.39. The van der Waals surface area contributed by atoms with E-state index in [0.29, 0.717) is 12.2 Å². The molecule has 0 aromatic heterocycles. The van der Waals surface area contributed by atoms with E-state index in [2.05, 4.69) is 42.3 Å². The average Bonchev–Trinajstić information content (AvgIpc) is 2.87. The molecule has 212 valence electrons. The summed E-state index contributed by atoms with van der Waals surface area (Å²) in [4.78, 5) is 15.0. The van der Waals surface area contributed by atoms with Crippen LogP contribution in [0.15, 0.2) is 43.0 Å². The van der Waals surface area contributed by atoms with E-state index < -0.39 is 15.8 Å². The molecule has 0 aliphatic carbocycles. The average molecular weight is 558 g/mol. The van der Waals surface area contributed by atoms with Gasteiger partial charge in [-0.05, 0) is 66.7 Å². The summed E-state index contributed by atoms with van der Waals surface area (Å²) in [5, 5.41) is 2.74. The van der Waals surface area contributed by atoms with Crippen molar-refractivity contribution in [1.29, 1.82) is 0 Å². The fraction of sp³-hybridized carbons (Fsp3) is 0.433. The molecule has 1 heterocycles. The third-order valence-electron chi connectivity index (χ3n) is 6.56. The maximum Gasteiger partial charge on any atom is 0.244 e. The maximum atomic E-state index is 14.6. The topological polar surface area (TPSA) is 87.7 Å². The lowest BCUT2D eigenvalue weighted by Gasteiger charge is -2.26. The number of nitrogens with zero attached hydrogens (tertiary/aromatic N) is 1. The highest BCUT2D eigenvalue weighted by molar-refractivity contribution is 7.92. The van der Waals surface area contributed by atoms with Crippen molar-refractivity contribution in [3.8, 4) is 5.75 Å². The highest BCUT2D eigenvalue weighted by Gasteiger charge is 2.17. The number of carbonyl (C=O) groups excluding carboxylic acids is 1. The molecular formula is C30H40FN3O4S. The van der Waals surface area contributed by atoms with Crippen molar-refractivity contribution < 1.29 is 22.3 Å². The van der Waals surface area contributed by atoms with Gasteiger partial charge in [0.05, 0.1) is 11.9 Å². The summed E-state index contributed by atoms with van der Waals surface area (Å²) in [5.41, 5.74) is 2.48. The first-order valence-corrected chi connectivity index (χ1v) is 15.1. The Morgan fingerprint density at radius 3 is 2.49 bits per heavy atom. The lowest BCUT2D eigenvalue weighted by atomic mass is 9.86. The van der Waals surface area contributed by atoms with Crippen molar-refractivity contribution in [2.24, 2.45) is 0 Å². The van der Waals surface area contributed by atoms with Gasteiger partial charge in [0.15, 0.2) is 0 Å². The second-order valence-corrected chi connectivity index (χ2v) is 12.7. The lowest BCUT2D eigenvalue weighted by Crippen LogP contribution is -2.33. The van der Waals surface area contributed by atoms with Gasteiger partial charge >= 0.3 is 0 Å². The number of sulfonamides is 1. The number of amides is 1. The summed E-state index contributed by atoms with van der Waals surface area (Å²) in [6.07, 6.45) is 9.19. The third kappa shape index (κ3) is 9.51. The molecular weight excluding hydrogens is 517 g/mol. The largest absolute Gasteiger partial charge is 0.492 e. The number of nitrogens with one attached hydrogen (secondary N) is 2. The van der Waals surface area contributed by atoms with Crippen LogP contribution in [-0.2, 0) is 26.8 Å². The number of likely N-dealkylation sites (tertiary alicyclic amines) is 1. The van der Waals surface area contributed by atoms with E-state index in [0.717, 1.165) is 42.8 Å². The maximum absolute atomic E-state index is 14.6. The summed E-state index contributed by atoms with van der Waals surface area (Å²) in [7, 11) is -3.66. The Kier molecular flexibility index (Phi) is 10.3. The number of ether oxygens (including phenoxy) is 1. The molecule has 0 radical (unpaired) electrons. The number of carbonyl (C=O) groups is 1. The molecule has 2 aromatic rings. The SMILES string of the molecule is C=Cc1cc(CNC(=O)/C=C/c2ccc(C(C)(C)C)cc2OCCN2CCCCC2)cc(F)c1NS(C)(=O)=O. The first-order chi connectivity index (χ1) is 18.4. The molecule has 9 heteroatoms. The minimum atomic E-state index is -3.66. The van der Waals surface area contributed by atoms with E-state index in [1.807, 2.05) is 18.2 Å². The standard InChI is InChI=1S/C30H40FN3O4S/c1-6-23-18-22(19-26(31)29(23)33-39(5,36)37)21-32-28(35)13-11-24-10-12-25(30(2,3)4)20-27(24)38-17-16-34-14-8-7-9-15-34/h6,10-13,18-20,33H,1,7-9,14-17,21H2,2-5H3,(H,32,35)/b13-11+. The zero-order chi connectivity index (χ0) is 28.6. The van der Waals surface area contributed by atoms with E-state index in [-0.39, 0.29) is 29.1 Å². The molecule has 2 aromatic carbocycles. The van der Waals surface area contributed by atoms with E-state index in [9.17, 15) is 17.6 Å². The highest BCUT2D eigenvalue weighted by Crippen LogP contribution is 2.30. The normalized spacial score (nSPS) is 14.8. The molecule has 0 unspecified atom stereocenters. The number of piperidine rings is 1. The number of rotatable bonds is 11. The molecule has 1 saturated heterocycles. The predicted octanol–water partition coefficient (Wildman–Crippen LogP) is 5.33. The van der Waals surface area contributed by atoms with Crippen molar-refractivity contribution in [1.82, 2.24) is 10.2 Å². The molecule has 7 nitrogen and oxygen atoms in total. The number of hydrogen-bond donors (Lipinski definition) is 2. The number of hydrogen-bond acceptors (Lipinski definition) is 5. The molecule has 1 amide bonds. The smallest absolute Gasteiger partial charge is 0.244 e. The molecule has 3 rings (SSSR count). The van der Waals surface area contributed by atoms with Crippen LogP contribution in [0, 0.1) is 5.82 Å². The minimum Gasteiger partial charge on any atom is -0.492 e. The fourth-order valence-corrected chi connectivity index (χ4v) is 4.97. The first-order valence-electron chi connectivity index (χ1n) is 13.2. The van der Waals surface area contributed by atoms with Crippen LogP contribution in [0.25, 0.3) is 12.2 Å². The van der Waals surface area contributed by atoms with Crippen molar-refractivity contribution in [2.75, 3.05) is 37.2 Å². The van der Waals surface area contributed by atoms with Gasteiger partial charge in [-0.3, -0.25) is 14.4 Å². The lowest BCUT2D eigenvalue weighted by molar-refractivity contribution is -0.116. The predicted molar refractivity (Wildman–Crippen MR) is 157 cm³/mol. The van der Waals surface area contributed by atoms with Gasteiger partial charge in [0.25, 0.3) is 0 Å². The van der Waals surface area contributed by atoms with Crippen LogP contribution >= 0.6 is 0 Å². The van der Waals surface area contributed by atoms with Gasteiger partial charge in [-0.15, -0.1) is 0 Å². The summed E-state index contributed by atoms with van der Waals surface area (Å²) in [6.45, 7) is 13.8. The van der Waals surface area contributed by atoms with E-state index in [1.54, 1.807) is 12.1 Å². The van der Waals surface area contributed by atoms with Gasteiger partial charge in [0, 0.05) is 30.3 Å². The van der Waals surface area contributed by atoms with Gasteiger partial charge in [-0.2, -0.15) is 0 Å². The molecule has 1 aliphatic rings. The quantitative estimate of drug-likeness (QED) is 0.365. The number of anilines is 1.